The molecular formula is C33H31F4N5O2. The van der Waals surface area contributed by atoms with Crippen LogP contribution in [0.1, 0.15) is 36.4 Å². The summed E-state index contributed by atoms with van der Waals surface area (Å²) in [4.78, 5) is 22.5. The van der Waals surface area contributed by atoms with E-state index in [2.05, 4.69) is 15.0 Å². The predicted molar refractivity (Wildman–Crippen MR) is 160 cm³/mol. The Morgan fingerprint density at radius 3 is 2.32 bits per heavy atom. The Morgan fingerprint density at radius 1 is 0.909 bits per heavy atom. The second-order valence-corrected chi connectivity index (χ2v) is 11.7. The number of aromatic nitrogens is 3. The minimum absolute atomic E-state index is 0.0113. The van der Waals surface area contributed by atoms with Gasteiger partial charge in [0.1, 0.15) is 5.82 Å². The highest BCUT2D eigenvalue weighted by Gasteiger charge is 2.32. The number of rotatable bonds is 6. The summed E-state index contributed by atoms with van der Waals surface area (Å²) in [5, 5.41) is 4.17. The van der Waals surface area contributed by atoms with Gasteiger partial charge in [-0.2, -0.15) is 18.2 Å². The minimum atomic E-state index is -4.52. The molecule has 0 radical (unpaired) electrons. The third-order valence-electron chi connectivity index (χ3n) is 8.30. The Kier molecular flexibility index (Phi) is 7.53. The van der Waals surface area contributed by atoms with E-state index in [0.29, 0.717) is 29.9 Å². The molecule has 7 nitrogen and oxygen atoms in total. The lowest BCUT2D eigenvalue weighted by molar-refractivity contribution is -0.137. The number of piperazine rings is 1. The first-order valence-corrected chi connectivity index (χ1v) is 14.3. The highest BCUT2D eigenvalue weighted by molar-refractivity contribution is 5.86. The number of nitrogens with zero attached hydrogens (tertiary/aromatic N) is 5. The van der Waals surface area contributed by atoms with Crippen LogP contribution in [-0.4, -0.2) is 52.8 Å². The zero-order valence-electron chi connectivity index (χ0n) is 24.5. The first-order chi connectivity index (χ1) is 20.9. The van der Waals surface area contributed by atoms with E-state index in [0.717, 1.165) is 30.8 Å². The van der Waals surface area contributed by atoms with Crippen LogP contribution in [0.15, 0.2) is 82.2 Å². The van der Waals surface area contributed by atoms with Crippen molar-refractivity contribution < 1.29 is 22.1 Å². The Balaban J connectivity index is 1.49. The largest absolute Gasteiger partial charge is 0.416 e. The lowest BCUT2D eigenvalue weighted by atomic mass is 9.84. The van der Waals surface area contributed by atoms with Crippen LogP contribution in [0.2, 0.25) is 0 Å². The van der Waals surface area contributed by atoms with Crippen molar-refractivity contribution in [3.8, 4) is 11.4 Å². The Labute approximate surface area is 251 Å². The van der Waals surface area contributed by atoms with Crippen molar-refractivity contribution in [2.24, 2.45) is 0 Å². The fourth-order valence-corrected chi connectivity index (χ4v) is 5.59. The van der Waals surface area contributed by atoms with Crippen molar-refractivity contribution in [3.05, 3.63) is 112 Å². The van der Waals surface area contributed by atoms with Gasteiger partial charge in [-0.3, -0.25) is 4.79 Å². The Morgan fingerprint density at radius 2 is 1.61 bits per heavy atom. The molecule has 11 heteroatoms. The minimum Gasteiger partial charge on any atom is -0.367 e. The van der Waals surface area contributed by atoms with Crippen LogP contribution < -0.4 is 10.3 Å². The maximum absolute atomic E-state index is 15.6. The van der Waals surface area contributed by atoms with Gasteiger partial charge in [0.2, 0.25) is 17.1 Å². The van der Waals surface area contributed by atoms with Crippen molar-refractivity contribution in [2.45, 2.75) is 32.0 Å². The first kappa shape index (κ1) is 29.6. The molecule has 1 fully saturated rings. The molecule has 0 amide bonds. The van der Waals surface area contributed by atoms with Crippen molar-refractivity contribution in [1.82, 2.24) is 19.6 Å². The molecule has 6 rings (SSSR count). The summed E-state index contributed by atoms with van der Waals surface area (Å²) in [6.07, 6.45) is -3.00. The molecule has 1 aliphatic rings. The number of pyridine rings is 1. The lowest BCUT2D eigenvalue weighted by Gasteiger charge is -2.34. The third-order valence-corrected chi connectivity index (χ3v) is 8.30. The van der Waals surface area contributed by atoms with E-state index in [1.807, 2.05) is 56.1 Å². The summed E-state index contributed by atoms with van der Waals surface area (Å²) in [7, 11) is 1.99. The first-order valence-electron chi connectivity index (χ1n) is 14.3. The molecule has 44 heavy (non-hydrogen) atoms. The molecule has 2 aromatic heterocycles. The van der Waals surface area contributed by atoms with Crippen molar-refractivity contribution in [3.63, 3.8) is 0 Å². The average Bonchev–Trinajstić information content (AvgIpc) is 3.50. The summed E-state index contributed by atoms with van der Waals surface area (Å²) in [5.41, 5.74) is 0.0974. The van der Waals surface area contributed by atoms with Gasteiger partial charge in [-0.15, -0.1) is 0 Å². The van der Waals surface area contributed by atoms with Crippen molar-refractivity contribution >= 4 is 16.6 Å². The second kappa shape index (κ2) is 11.2. The topological polar surface area (TPSA) is 67.4 Å². The van der Waals surface area contributed by atoms with Gasteiger partial charge in [0.15, 0.2) is 0 Å². The number of likely N-dealkylation sites (N-methyl/N-ethyl adjacent to an activating group) is 1. The average molecular weight is 606 g/mol. The fraction of sp³-hybridized carbons (Fsp3) is 0.303. The number of anilines is 1. The van der Waals surface area contributed by atoms with Crippen LogP contribution >= 0.6 is 0 Å². The van der Waals surface area contributed by atoms with Gasteiger partial charge >= 0.3 is 6.18 Å². The monoisotopic (exact) mass is 605 g/mol. The van der Waals surface area contributed by atoms with Crippen molar-refractivity contribution in [1.29, 1.82) is 0 Å². The van der Waals surface area contributed by atoms with Crippen LogP contribution in [0.25, 0.3) is 22.3 Å². The van der Waals surface area contributed by atoms with Crippen LogP contribution in [0.5, 0.6) is 0 Å². The smallest absolute Gasteiger partial charge is 0.367 e. The van der Waals surface area contributed by atoms with Crippen molar-refractivity contribution in [2.75, 3.05) is 38.1 Å². The second-order valence-electron chi connectivity index (χ2n) is 11.7. The van der Waals surface area contributed by atoms with Gasteiger partial charge in [0, 0.05) is 44.3 Å². The van der Waals surface area contributed by atoms with E-state index in [9.17, 15) is 18.0 Å². The van der Waals surface area contributed by atoms with E-state index in [1.165, 1.54) is 18.3 Å². The third kappa shape index (κ3) is 5.59. The molecular weight excluding hydrogens is 574 g/mol. The van der Waals surface area contributed by atoms with Gasteiger partial charge in [0.05, 0.1) is 27.7 Å². The Hall–Kier alpha value is -4.51. The number of benzene rings is 3. The maximum Gasteiger partial charge on any atom is 0.416 e. The molecule has 0 N–H and O–H groups in total. The van der Waals surface area contributed by atoms with Gasteiger partial charge in [-0.1, -0.05) is 47.6 Å². The van der Waals surface area contributed by atoms with Crippen LogP contribution in [-0.2, 0) is 18.1 Å². The van der Waals surface area contributed by atoms with Crippen LogP contribution in [0, 0.1) is 5.82 Å². The van der Waals surface area contributed by atoms with Gasteiger partial charge in [-0.05, 0) is 56.3 Å². The number of hydrogen-bond acceptors (Lipinski definition) is 6. The number of hydrogen-bond donors (Lipinski definition) is 0. The fourth-order valence-electron chi connectivity index (χ4n) is 5.59. The summed E-state index contributed by atoms with van der Waals surface area (Å²) < 4.78 is 63.5. The van der Waals surface area contributed by atoms with Gasteiger partial charge in [0.25, 0.3) is 0 Å². The number of halogens is 4. The zero-order valence-corrected chi connectivity index (χ0v) is 24.5. The van der Waals surface area contributed by atoms with Gasteiger partial charge in [-0.25, -0.2) is 4.39 Å². The standard InChI is InChI=1S/C33H31F4N5O2/c1-32(2,22-9-5-4-6-10-22)31-38-30(39-44-31)25-20-42(19-21-8-7-11-23(16-21)33(35,36)37)27-18-28(26(34)17-24(27)29(25)43)41-14-12-40(3)13-15-41/h4-11,16-18,20H,12-15,19H2,1-3H3. The number of fused-ring (bicyclic) bond motifs is 1. The molecule has 0 spiro atoms. The summed E-state index contributed by atoms with van der Waals surface area (Å²) >= 11 is 0. The van der Waals surface area contributed by atoms with Crippen LogP contribution in [0.3, 0.4) is 0 Å². The van der Waals surface area contributed by atoms with Crippen LogP contribution in [0.4, 0.5) is 23.2 Å². The molecule has 0 saturated carbocycles. The summed E-state index contributed by atoms with van der Waals surface area (Å²) in [6.45, 7) is 6.50. The van der Waals surface area contributed by atoms with E-state index in [1.54, 1.807) is 16.7 Å². The molecule has 0 bridgehead atoms. The van der Waals surface area contributed by atoms with E-state index in [-0.39, 0.29) is 29.2 Å². The zero-order chi connectivity index (χ0) is 31.2. The highest BCUT2D eigenvalue weighted by atomic mass is 19.4. The maximum atomic E-state index is 15.6. The molecule has 5 aromatic rings. The van der Waals surface area contributed by atoms with E-state index < -0.39 is 28.4 Å². The van der Waals surface area contributed by atoms with E-state index >= 15 is 4.39 Å². The summed E-state index contributed by atoms with van der Waals surface area (Å²) in [6, 6.07) is 17.4. The predicted octanol–water partition coefficient (Wildman–Crippen LogP) is 6.34. The summed E-state index contributed by atoms with van der Waals surface area (Å²) in [5.74, 6) is -0.266. The molecule has 228 valence electrons. The molecule has 3 heterocycles. The molecule has 3 aromatic carbocycles. The molecule has 0 aliphatic carbocycles. The number of alkyl halides is 3. The lowest BCUT2D eigenvalue weighted by Crippen LogP contribution is -2.44. The van der Waals surface area contributed by atoms with E-state index in [4.69, 9.17) is 4.52 Å². The quantitative estimate of drug-likeness (QED) is 0.211. The normalized spacial score (nSPS) is 14.8. The molecule has 0 unspecified atom stereocenters. The Bertz CT molecular complexity index is 1870. The molecule has 1 aliphatic heterocycles. The highest BCUT2D eigenvalue weighted by Crippen LogP contribution is 2.33. The SMILES string of the molecule is CN1CCN(c2cc3c(cc2F)c(=O)c(-c2noc(C(C)(C)c4ccccc4)n2)cn3Cc2cccc(C(F)(F)F)c2)CC1. The molecule has 1 saturated heterocycles. The molecule has 0 atom stereocenters. The van der Waals surface area contributed by atoms with Gasteiger partial charge < -0.3 is 18.9 Å².